The molecule has 1 atom stereocenters. The van der Waals surface area contributed by atoms with Gasteiger partial charge in [-0.2, -0.15) is 0 Å². The van der Waals surface area contributed by atoms with E-state index in [4.69, 9.17) is 16.3 Å². The number of halogens is 1. The summed E-state index contributed by atoms with van der Waals surface area (Å²) >= 11 is 6.08. The van der Waals surface area contributed by atoms with E-state index in [1.54, 1.807) is 24.8 Å². The molecule has 2 heterocycles. The van der Waals surface area contributed by atoms with Crippen molar-refractivity contribution in [2.24, 2.45) is 0 Å². The van der Waals surface area contributed by atoms with Crippen molar-refractivity contribution in [3.8, 4) is 5.75 Å². The van der Waals surface area contributed by atoms with Crippen LogP contribution in [0.2, 0.25) is 5.02 Å². The molecule has 0 aromatic heterocycles. The lowest BCUT2D eigenvalue weighted by Gasteiger charge is -2.36. The molecule has 2 amide bonds. The summed E-state index contributed by atoms with van der Waals surface area (Å²) in [6.45, 7) is 5.40. The molecule has 2 aromatic rings. The standard InChI is InChI=1S/C23H26ClN3O5S/c1-15-10-19-20(32-14-22(28)25-19)13-21(15)33(30,31)16(2)11-23(29)27-8-6-26(7-9-27)18-5-3-4-17(24)12-18/h3-5,10,12-13,16H,6-9,11,14H2,1-2H3,(H,25,28)/t16-/m1/s1. The van der Waals surface area contributed by atoms with Crippen LogP contribution in [0.4, 0.5) is 11.4 Å². The van der Waals surface area contributed by atoms with Gasteiger partial charge in [0, 0.05) is 49.4 Å². The molecule has 1 N–H and O–H groups in total. The second kappa shape index (κ2) is 9.23. The summed E-state index contributed by atoms with van der Waals surface area (Å²) in [4.78, 5) is 28.4. The highest BCUT2D eigenvalue weighted by Crippen LogP contribution is 2.34. The van der Waals surface area contributed by atoms with Gasteiger partial charge in [-0.05, 0) is 43.7 Å². The van der Waals surface area contributed by atoms with Gasteiger partial charge in [-0.15, -0.1) is 0 Å². The third kappa shape index (κ3) is 4.94. The fourth-order valence-electron chi connectivity index (χ4n) is 4.11. The first-order valence-corrected chi connectivity index (χ1v) is 12.7. The monoisotopic (exact) mass is 491 g/mol. The Labute approximate surface area is 198 Å². The number of benzene rings is 2. The number of ether oxygens (including phenoxy) is 1. The smallest absolute Gasteiger partial charge is 0.262 e. The number of piperazine rings is 1. The number of nitrogens with one attached hydrogen (secondary N) is 1. The fraction of sp³-hybridized carbons (Fsp3) is 0.391. The molecular formula is C23H26ClN3O5S. The Bertz CT molecular complexity index is 1190. The van der Waals surface area contributed by atoms with Crippen LogP contribution in [0.3, 0.4) is 0 Å². The van der Waals surface area contributed by atoms with Crippen molar-refractivity contribution < 1.29 is 22.7 Å². The van der Waals surface area contributed by atoms with Gasteiger partial charge in [0.25, 0.3) is 5.91 Å². The number of carbonyl (C=O) groups excluding carboxylic acids is 2. The quantitative estimate of drug-likeness (QED) is 0.691. The maximum atomic E-state index is 13.3. The number of nitrogens with zero attached hydrogens (tertiary/aromatic N) is 2. The van der Waals surface area contributed by atoms with E-state index in [-0.39, 0.29) is 29.7 Å². The van der Waals surface area contributed by atoms with Crippen molar-refractivity contribution >= 4 is 44.6 Å². The number of sulfone groups is 1. The zero-order valence-corrected chi connectivity index (χ0v) is 20.1. The van der Waals surface area contributed by atoms with Crippen LogP contribution in [0.15, 0.2) is 41.3 Å². The van der Waals surface area contributed by atoms with Crippen LogP contribution in [0.5, 0.6) is 5.75 Å². The molecule has 2 aliphatic rings. The summed E-state index contributed by atoms with van der Waals surface area (Å²) in [5.74, 6) is -0.155. The van der Waals surface area contributed by atoms with Crippen molar-refractivity contribution in [1.82, 2.24) is 4.90 Å². The van der Waals surface area contributed by atoms with E-state index in [0.29, 0.717) is 48.2 Å². The Morgan fingerprint density at radius 1 is 1.18 bits per heavy atom. The molecule has 2 aromatic carbocycles. The first-order chi connectivity index (χ1) is 15.6. The average molecular weight is 492 g/mol. The Balaban J connectivity index is 1.41. The highest BCUT2D eigenvalue weighted by Gasteiger charge is 2.31. The zero-order valence-electron chi connectivity index (χ0n) is 18.5. The van der Waals surface area contributed by atoms with Crippen molar-refractivity contribution in [3.05, 3.63) is 47.0 Å². The zero-order chi connectivity index (χ0) is 23.8. The number of anilines is 2. The number of carbonyl (C=O) groups is 2. The summed E-state index contributed by atoms with van der Waals surface area (Å²) in [5.41, 5.74) is 1.95. The highest BCUT2D eigenvalue weighted by molar-refractivity contribution is 7.92. The van der Waals surface area contributed by atoms with E-state index in [9.17, 15) is 18.0 Å². The predicted molar refractivity (Wildman–Crippen MR) is 127 cm³/mol. The molecule has 4 rings (SSSR count). The summed E-state index contributed by atoms with van der Waals surface area (Å²) in [7, 11) is -3.77. The SMILES string of the molecule is Cc1cc2c(cc1S(=O)(=O)[C@H](C)CC(=O)N1CCN(c3cccc(Cl)c3)CC1)OCC(=O)N2. The number of hydrogen-bond acceptors (Lipinski definition) is 6. The largest absolute Gasteiger partial charge is 0.482 e. The van der Waals surface area contributed by atoms with E-state index < -0.39 is 15.1 Å². The van der Waals surface area contributed by atoms with E-state index in [2.05, 4.69) is 10.2 Å². The average Bonchev–Trinajstić information content (AvgIpc) is 2.78. The van der Waals surface area contributed by atoms with Crippen molar-refractivity contribution in [1.29, 1.82) is 0 Å². The molecule has 0 radical (unpaired) electrons. The van der Waals surface area contributed by atoms with E-state index in [1.165, 1.54) is 6.07 Å². The van der Waals surface area contributed by atoms with Gasteiger partial charge in [0.05, 0.1) is 15.8 Å². The summed E-state index contributed by atoms with van der Waals surface area (Å²) < 4.78 is 31.9. The summed E-state index contributed by atoms with van der Waals surface area (Å²) in [6, 6.07) is 10.6. The molecule has 8 nitrogen and oxygen atoms in total. The van der Waals surface area contributed by atoms with Crippen molar-refractivity contribution in [3.63, 3.8) is 0 Å². The second-order valence-corrected chi connectivity index (χ2v) is 11.1. The Kier molecular flexibility index (Phi) is 6.54. The molecule has 33 heavy (non-hydrogen) atoms. The molecule has 0 spiro atoms. The van der Waals surface area contributed by atoms with Crippen molar-refractivity contribution in [2.45, 2.75) is 30.4 Å². The van der Waals surface area contributed by atoms with Gasteiger partial charge in [-0.3, -0.25) is 9.59 Å². The van der Waals surface area contributed by atoms with Crippen LogP contribution in [0.25, 0.3) is 0 Å². The number of rotatable bonds is 5. The maximum Gasteiger partial charge on any atom is 0.262 e. The van der Waals surface area contributed by atoms with Gasteiger partial charge in [0.15, 0.2) is 16.4 Å². The van der Waals surface area contributed by atoms with Gasteiger partial charge >= 0.3 is 0 Å². The molecule has 10 heteroatoms. The van der Waals surface area contributed by atoms with Gasteiger partial charge in [0.2, 0.25) is 5.91 Å². The maximum absolute atomic E-state index is 13.3. The van der Waals surface area contributed by atoms with Crippen LogP contribution < -0.4 is 15.0 Å². The number of aryl methyl sites for hydroxylation is 1. The molecular weight excluding hydrogens is 466 g/mol. The highest BCUT2D eigenvalue weighted by atomic mass is 35.5. The molecule has 1 fully saturated rings. The number of amides is 2. The minimum Gasteiger partial charge on any atom is -0.482 e. The number of fused-ring (bicyclic) bond motifs is 1. The molecule has 2 aliphatic heterocycles. The second-order valence-electron chi connectivity index (χ2n) is 8.36. The molecule has 0 bridgehead atoms. The summed E-state index contributed by atoms with van der Waals surface area (Å²) in [5, 5.41) is 2.44. The Morgan fingerprint density at radius 3 is 2.61 bits per heavy atom. The van der Waals surface area contributed by atoms with Gasteiger partial charge < -0.3 is 19.9 Å². The van der Waals surface area contributed by atoms with Crippen LogP contribution in [-0.4, -0.2) is 63.2 Å². The first kappa shape index (κ1) is 23.4. The minimum atomic E-state index is -3.77. The lowest BCUT2D eigenvalue weighted by Crippen LogP contribution is -2.49. The van der Waals surface area contributed by atoms with Gasteiger partial charge in [-0.25, -0.2) is 8.42 Å². The number of hydrogen-bond donors (Lipinski definition) is 1. The lowest BCUT2D eigenvalue weighted by atomic mass is 10.2. The third-order valence-corrected chi connectivity index (χ3v) is 8.53. The molecule has 0 aliphatic carbocycles. The van der Waals surface area contributed by atoms with E-state index >= 15 is 0 Å². The molecule has 0 saturated carbocycles. The lowest BCUT2D eigenvalue weighted by molar-refractivity contribution is -0.131. The van der Waals surface area contributed by atoms with Crippen LogP contribution in [0.1, 0.15) is 18.9 Å². The Morgan fingerprint density at radius 2 is 1.91 bits per heavy atom. The normalized spacial score (nSPS) is 17.1. The van der Waals surface area contributed by atoms with E-state index in [1.807, 2.05) is 24.3 Å². The van der Waals surface area contributed by atoms with Crippen molar-refractivity contribution in [2.75, 3.05) is 43.0 Å². The van der Waals surface area contributed by atoms with Crippen LogP contribution >= 0.6 is 11.6 Å². The Hall–Kier alpha value is -2.78. The fourth-order valence-corrected chi connectivity index (χ4v) is 5.87. The van der Waals surface area contributed by atoms with Crippen LogP contribution in [-0.2, 0) is 19.4 Å². The predicted octanol–water partition coefficient (Wildman–Crippen LogP) is 2.88. The third-order valence-electron chi connectivity index (χ3n) is 6.01. The molecule has 0 unspecified atom stereocenters. The minimum absolute atomic E-state index is 0.104. The van der Waals surface area contributed by atoms with Gasteiger partial charge in [0.1, 0.15) is 5.75 Å². The van der Waals surface area contributed by atoms with Crippen LogP contribution in [0, 0.1) is 6.92 Å². The first-order valence-electron chi connectivity index (χ1n) is 10.7. The summed E-state index contributed by atoms with van der Waals surface area (Å²) in [6.07, 6.45) is -0.104. The topological polar surface area (TPSA) is 96.0 Å². The molecule has 176 valence electrons. The molecule has 1 saturated heterocycles. The van der Waals surface area contributed by atoms with E-state index in [0.717, 1.165) is 5.69 Å². The van der Waals surface area contributed by atoms with Gasteiger partial charge in [-0.1, -0.05) is 17.7 Å².